The minimum absolute atomic E-state index is 0.0975. The minimum Gasteiger partial charge on any atom is -0.456 e. The molecule has 11 nitrogen and oxygen atoms in total. The Balaban J connectivity index is 0.000000104. The second kappa shape index (κ2) is 29.7. The predicted molar refractivity (Wildman–Crippen MR) is 563 cm³/mol. The summed E-state index contributed by atoms with van der Waals surface area (Å²) in [6.45, 7) is 18.5. The summed E-state index contributed by atoms with van der Waals surface area (Å²) in [5.74, 6) is 4.12. The first kappa shape index (κ1) is 79.7. The van der Waals surface area contributed by atoms with Crippen molar-refractivity contribution in [2.24, 2.45) is 0 Å². The number of rotatable bonds is 8. The maximum Gasteiger partial charge on any atom is 0.162 e. The van der Waals surface area contributed by atoms with Crippen LogP contribution in [0.2, 0.25) is 0 Å². The van der Waals surface area contributed by atoms with Crippen LogP contribution >= 0.6 is 0 Å². The Morgan fingerprint density at radius 2 is 0.518 bits per heavy atom. The number of nitrogens with zero attached hydrogens (tertiary/aromatic N) is 10. The van der Waals surface area contributed by atoms with Crippen molar-refractivity contribution in [2.75, 3.05) is 0 Å². The third kappa shape index (κ3) is 11.8. The molecule has 0 fully saturated rings. The highest BCUT2D eigenvalue weighted by atomic mass is 16.3. The second-order valence-electron chi connectivity index (χ2n) is 39.1. The quantitative estimate of drug-likeness (QED) is 0.149. The third-order valence-electron chi connectivity index (χ3n) is 30.1. The zero-order chi connectivity index (χ0) is 91.6. The van der Waals surface area contributed by atoms with Crippen molar-refractivity contribution >= 4 is 109 Å². The van der Waals surface area contributed by atoms with E-state index in [1.54, 1.807) is 0 Å². The SMILES string of the molecule is CC1(C)c2ccccc2-c2cc3c4ccccc4n(-c4nc(-c5ccccc5)nc5c4C(C)(C)c4ccccc4-5)c3cc21.CC1(C)c2ccccc2-c2nc(-c3ccccc3)nc(-c3ccc(-n4c5ccccc5c5cc6c(cc54)oc4ccccc46)cc3)c21.CC1(C)c2ccccc2-c2nc(-c3ccccc3)nc(-n3c4ccccc4c4cc5c6ccccc6n(-c6ccccc6)c5cc43)c21. The second-order valence-corrected chi connectivity index (χ2v) is 39.1. The van der Waals surface area contributed by atoms with Gasteiger partial charge in [0.2, 0.25) is 0 Å². The molecule has 8 aromatic heterocycles. The molecular weight excluding hydrogens is 1670 g/mol. The molecule has 0 unspecified atom stereocenters. The Morgan fingerprint density at radius 1 is 0.190 bits per heavy atom. The summed E-state index contributed by atoms with van der Waals surface area (Å²) < 4.78 is 15.9. The normalized spacial score (nSPS) is 14.1. The van der Waals surface area contributed by atoms with E-state index in [1.807, 2.05) is 42.5 Å². The first-order valence-corrected chi connectivity index (χ1v) is 47.4. The van der Waals surface area contributed by atoms with Crippen molar-refractivity contribution < 1.29 is 4.42 Å². The molecule has 4 aliphatic rings. The first-order valence-electron chi connectivity index (χ1n) is 47.4. The van der Waals surface area contributed by atoms with Gasteiger partial charge in [-0.25, -0.2) is 29.9 Å². The van der Waals surface area contributed by atoms with E-state index in [0.29, 0.717) is 0 Å². The Kier molecular flexibility index (Phi) is 17.3. The molecule has 29 rings (SSSR count). The van der Waals surface area contributed by atoms with Crippen LogP contribution < -0.4 is 0 Å². The van der Waals surface area contributed by atoms with E-state index >= 15 is 0 Å². The van der Waals surface area contributed by atoms with Crippen LogP contribution in [-0.2, 0) is 21.7 Å². The molecule has 0 radical (unpaired) electrons. The molecule has 8 heterocycles. The number of para-hydroxylation sites is 6. The third-order valence-corrected chi connectivity index (χ3v) is 30.1. The van der Waals surface area contributed by atoms with Crippen LogP contribution in [0, 0.1) is 0 Å². The molecule has 0 saturated carbocycles. The van der Waals surface area contributed by atoms with Gasteiger partial charge in [0.1, 0.15) is 22.8 Å². The van der Waals surface area contributed by atoms with Crippen molar-refractivity contribution in [2.45, 2.75) is 77.0 Å². The van der Waals surface area contributed by atoms with E-state index in [1.165, 1.54) is 132 Å². The number of aromatic nitrogens is 10. The van der Waals surface area contributed by atoms with Crippen LogP contribution in [-0.4, -0.2) is 48.2 Å². The summed E-state index contributed by atoms with van der Waals surface area (Å²) in [4.78, 5) is 32.0. The number of fused-ring (bicyclic) bond motifs is 27. The van der Waals surface area contributed by atoms with Gasteiger partial charge in [0.25, 0.3) is 0 Å². The molecule has 650 valence electrons. The molecule has 0 aliphatic heterocycles. The summed E-state index contributed by atoms with van der Waals surface area (Å²) in [6, 6.07) is 143. The maximum absolute atomic E-state index is 6.33. The van der Waals surface area contributed by atoms with Gasteiger partial charge in [0, 0.05) is 149 Å². The number of furan rings is 1. The standard InChI is InChI=1S/C43H30N4.C43H29N3O.C40H31N3/c1-43(2)34-22-12-9-21-31(34)40-39(43)42(45-41(44-40)27-15-5-3-6-16-27)47-36-24-14-11-20-30(36)33-25-32-29-19-10-13-23-35(29)46(37(32)26-38(33)47)28-17-7-4-8-18-28;1-43(2)34-17-9-6-16-31(34)41-39(43)40(44-42(45-41)27-12-4-3-5-13-27)26-20-22-28(23-21-26)46-35-18-10-7-14-29(35)32-24-33-30-15-8-11-19-37(30)47-38(33)25-36(32)46;1-39(2)30-19-11-8-16-25(30)28-22-29-26-17-10-13-21-33(26)43(34(29)23-32(28)39)38-35-36(27-18-9-12-20-31(27)40(35,3)4)41-37(42-38)24-14-6-5-7-15-24/h3-26H,1-2H3;3-25H,1-2H3;5-23H,1-4H3. The lowest BCUT2D eigenvalue weighted by molar-refractivity contribution is 0.650. The van der Waals surface area contributed by atoms with Gasteiger partial charge in [-0.3, -0.25) is 9.13 Å². The molecular formula is C126H90N10O. The first-order chi connectivity index (χ1) is 67.0. The zero-order valence-electron chi connectivity index (χ0n) is 77.0. The van der Waals surface area contributed by atoms with E-state index < -0.39 is 0 Å². The lowest BCUT2D eigenvalue weighted by Gasteiger charge is -2.25. The molecule has 4 aliphatic carbocycles. The molecule has 11 heteroatoms. The fraction of sp³-hybridized carbons (Fsp3) is 0.0952. The Bertz CT molecular complexity index is 9390. The number of hydrogen-bond donors (Lipinski definition) is 0. The summed E-state index contributed by atoms with van der Waals surface area (Å²) in [7, 11) is 0. The molecule has 17 aromatic carbocycles. The van der Waals surface area contributed by atoms with Crippen molar-refractivity contribution in [1.82, 2.24) is 48.2 Å². The van der Waals surface area contributed by atoms with Crippen molar-refractivity contribution in [1.29, 1.82) is 0 Å². The smallest absolute Gasteiger partial charge is 0.162 e. The highest BCUT2D eigenvalue weighted by molar-refractivity contribution is 6.21. The largest absolute Gasteiger partial charge is 0.456 e. The number of benzene rings is 17. The lowest BCUT2D eigenvalue weighted by atomic mass is 9.81. The van der Waals surface area contributed by atoms with Crippen LogP contribution in [0.1, 0.15) is 99.9 Å². The fourth-order valence-electron chi connectivity index (χ4n) is 23.6. The Hall–Kier alpha value is -17.0. The molecule has 137 heavy (non-hydrogen) atoms. The summed E-state index contributed by atoms with van der Waals surface area (Å²) in [5, 5.41) is 12.1. The van der Waals surface area contributed by atoms with E-state index in [2.05, 4.69) is 432 Å². The van der Waals surface area contributed by atoms with Crippen molar-refractivity contribution in [3.05, 3.63) is 445 Å². The molecule has 0 spiro atoms. The van der Waals surface area contributed by atoms with Gasteiger partial charge >= 0.3 is 0 Å². The predicted octanol–water partition coefficient (Wildman–Crippen LogP) is 31.6. The summed E-state index contributed by atoms with van der Waals surface area (Å²) in [5.41, 5.74) is 37.0. The van der Waals surface area contributed by atoms with Crippen LogP contribution in [0.5, 0.6) is 0 Å². The van der Waals surface area contributed by atoms with Crippen molar-refractivity contribution in [3.63, 3.8) is 0 Å². The van der Waals surface area contributed by atoms with E-state index in [9.17, 15) is 0 Å². The fourth-order valence-corrected chi connectivity index (χ4v) is 23.6. The molecule has 0 N–H and O–H groups in total. The zero-order valence-corrected chi connectivity index (χ0v) is 77.0. The summed E-state index contributed by atoms with van der Waals surface area (Å²) in [6.07, 6.45) is 0. The molecule has 0 atom stereocenters. The topological polar surface area (TPSA) is 110 Å². The average molecular weight is 1760 g/mol. The molecule has 25 aromatic rings. The lowest BCUT2D eigenvalue weighted by Crippen LogP contribution is -2.20. The Morgan fingerprint density at radius 3 is 0.993 bits per heavy atom. The van der Waals surface area contributed by atoms with Gasteiger partial charge in [0.15, 0.2) is 17.5 Å². The molecule has 0 saturated heterocycles. The summed E-state index contributed by atoms with van der Waals surface area (Å²) >= 11 is 0. The van der Waals surface area contributed by atoms with Gasteiger partial charge < -0.3 is 13.6 Å². The molecule has 0 bridgehead atoms. The van der Waals surface area contributed by atoms with Crippen LogP contribution in [0.15, 0.2) is 405 Å². The van der Waals surface area contributed by atoms with Gasteiger partial charge in [-0.15, -0.1) is 0 Å². The van der Waals surface area contributed by atoms with E-state index in [4.69, 9.17) is 34.3 Å². The maximum atomic E-state index is 6.33. The van der Waals surface area contributed by atoms with E-state index in [0.717, 1.165) is 135 Å². The Labute approximate surface area is 791 Å². The van der Waals surface area contributed by atoms with Crippen LogP contribution in [0.3, 0.4) is 0 Å². The average Bonchev–Trinajstić information content (AvgIpc) is 1.54. The van der Waals surface area contributed by atoms with E-state index in [-0.39, 0.29) is 21.7 Å². The van der Waals surface area contributed by atoms with Crippen molar-refractivity contribution in [3.8, 4) is 113 Å². The highest BCUT2D eigenvalue weighted by Gasteiger charge is 2.45. The van der Waals surface area contributed by atoms with Gasteiger partial charge in [-0.2, -0.15) is 0 Å². The molecule has 0 amide bonds. The van der Waals surface area contributed by atoms with Gasteiger partial charge in [-0.05, 0) is 124 Å². The van der Waals surface area contributed by atoms with Gasteiger partial charge in [-0.1, -0.05) is 365 Å². The number of hydrogen-bond acceptors (Lipinski definition) is 7. The minimum atomic E-state index is -0.294. The highest BCUT2D eigenvalue weighted by Crippen LogP contribution is 2.58. The van der Waals surface area contributed by atoms with Gasteiger partial charge in [0.05, 0.1) is 66.9 Å². The van der Waals surface area contributed by atoms with Crippen LogP contribution in [0.4, 0.5) is 0 Å². The monoisotopic (exact) mass is 1760 g/mol. The van der Waals surface area contributed by atoms with Crippen LogP contribution in [0.25, 0.3) is 222 Å².